The molecule has 2 N–H and O–H groups in total. The smallest absolute Gasteiger partial charge is 0.134 e. The Hall–Kier alpha value is -1.52. The summed E-state index contributed by atoms with van der Waals surface area (Å²) < 4.78 is 2.36. The molecular weight excluding hydrogens is 308 g/mol. The topological polar surface area (TPSA) is 41.9 Å². The molecular formula is C18H23ClN4. The van der Waals surface area contributed by atoms with Gasteiger partial charge in [0.25, 0.3) is 0 Å². The predicted octanol–water partition coefficient (Wildman–Crippen LogP) is 4.05. The number of hydrogen-bond acceptors (Lipinski definition) is 3. The number of imidazole rings is 1. The van der Waals surface area contributed by atoms with E-state index >= 15 is 0 Å². The Kier molecular flexibility index (Phi) is 4.27. The second-order valence-electron chi connectivity index (χ2n) is 6.54. The van der Waals surface area contributed by atoms with Crippen molar-refractivity contribution >= 4 is 17.4 Å². The standard InChI is InChI=1S/C18H23ClN4/c19-14-8-6-13(7-9-14)17-18(21-15-4-2-1-3-5-15)23-11-10-20-12-16(23)22-17/h6-9,15,20-21H,1-5,10-12H2. The SMILES string of the molecule is Clc1ccc(-c2nc3n(c2NC2CCCCC2)CCNC3)cc1. The van der Waals surface area contributed by atoms with Crippen LogP contribution in [0.25, 0.3) is 11.3 Å². The van der Waals surface area contributed by atoms with Gasteiger partial charge >= 0.3 is 0 Å². The Balaban J connectivity index is 1.71. The van der Waals surface area contributed by atoms with Crippen molar-refractivity contribution in [3.8, 4) is 11.3 Å². The van der Waals surface area contributed by atoms with Crippen molar-refractivity contribution in [3.05, 3.63) is 35.1 Å². The quantitative estimate of drug-likeness (QED) is 0.892. The number of aromatic nitrogens is 2. The van der Waals surface area contributed by atoms with Gasteiger partial charge in [0.05, 0.1) is 6.54 Å². The second-order valence-corrected chi connectivity index (χ2v) is 6.98. The molecule has 1 aliphatic heterocycles. The number of halogens is 1. The van der Waals surface area contributed by atoms with Crippen molar-refractivity contribution in [3.63, 3.8) is 0 Å². The van der Waals surface area contributed by atoms with E-state index in [0.717, 1.165) is 41.7 Å². The Labute approximate surface area is 142 Å². The number of anilines is 1. The lowest BCUT2D eigenvalue weighted by atomic mass is 9.95. The summed E-state index contributed by atoms with van der Waals surface area (Å²) in [4.78, 5) is 4.91. The van der Waals surface area contributed by atoms with Gasteiger partial charge in [0, 0.05) is 29.7 Å². The van der Waals surface area contributed by atoms with Crippen molar-refractivity contribution in [2.75, 3.05) is 11.9 Å². The minimum absolute atomic E-state index is 0.575. The first-order chi connectivity index (χ1) is 11.3. The van der Waals surface area contributed by atoms with Crippen LogP contribution in [-0.4, -0.2) is 22.1 Å². The molecule has 4 rings (SSSR count). The molecule has 0 bridgehead atoms. The van der Waals surface area contributed by atoms with Gasteiger partial charge in [-0.1, -0.05) is 43.0 Å². The van der Waals surface area contributed by atoms with E-state index in [-0.39, 0.29) is 0 Å². The van der Waals surface area contributed by atoms with E-state index in [1.807, 2.05) is 12.1 Å². The molecule has 122 valence electrons. The summed E-state index contributed by atoms with van der Waals surface area (Å²) in [5, 5.41) is 7.99. The second kappa shape index (κ2) is 6.54. The molecule has 0 unspecified atom stereocenters. The molecule has 0 radical (unpaired) electrons. The molecule has 0 atom stereocenters. The monoisotopic (exact) mass is 330 g/mol. The van der Waals surface area contributed by atoms with Crippen LogP contribution in [0.1, 0.15) is 37.9 Å². The highest BCUT2D eigenvalue weighted by Gasteiger charge is 2.23. The zero-order valence-electron chi connectivity index (χ0n) is 13.3. The largest absolute Gasteiger partial charge is 0.367 e. The van der Waals surface area contributed by atoms with Gasteiger partial charge in [-0.3, -0.25) is 0 Å². The van der Waals surface area contributed by atoms with Crippen molar-refractivity contribution in [2.24, 2.45) is 0 Å². The molecule has 1 saturated carbocycles. The third-order valence-electron chi connectivity index (χ3n) is 4.91. The maximum absolute atomic E-state index is 6.04. The molecule has 0 amide bonds. The maximum Gasteiger partial charge on any atom is 0.134 e. The Morgan fingerprint density at radius 3 is 2.70 bits per heavy atom. The third kappa shape index (κ3) is 3.10. The summed E-state index contributed by atoms with van der Waals surface area (Å²) in [5.41, 5.74) is 2.19. The van der Waals surface area contributed by atoms with Gasteiger partial charge < -0.3 is 15.2 Å². The summed E-state index contributed by atoms with van der Waals surface area (Å²) >= 11 is 6.04. The summed E-state index contributed by atoms with van der Waals surface area (Å²) in [5.74, 6) is 2.32. The zero-order chi connectivity index (χ0) is 15.6. The van der Waals surface area contributed by atoms with Gasteiger partial charge in [-0.05, 0) is 25.0 Å². The van der Waals surface area contributed by atoms with Gasteiger partial charge in [-0.2, -0.15) is 0 Å². The maximum atomic E-state index is 6.04. The molecule has 2 aliphatic rings. The summed E-state index contributed by atoms with van der Waals surface area (Å²) in [6.45, 7) is 2.82. The molecule has 1 aliphatic carbocycles. The molecule has 5 heteroatoms. The number of nitrogens with one attached hydrogen (secondary N) is 2. The molecule has 4 nitrogen and oxygen atoms in total. The molecule has 23 heavy (non-hydrogen) atoms. The average Bonchev–Trinajstić information content (AvgIpc) is 2.95. The Morgan fingerprint density at radius 1 is 1.13 bits per heavy atom. The van der Waals surface area contributed by atoms with E-state index in [1.165, 1.54) is 37.9 Å². The van der Waals surface area contributed by atoms with E-state index < -0.39 is 0 Å². The van der Waals surface area contributed by atoms with Crippen molar-refractivity contribution < 1.29 is 0 Å². The Morgan fingerprint density at radius 2 is 1.91 bits per heavy atom. The van der Waals surface area contributed by atoms with Crippen LogP contribution < -0.4 is 10.6 Å². The third-order valence-corrected chi connectivity index (χ3v) is 5.16. The van der Waals surface area contributed by atoms with Crippen molar-refractivity contribution in [2.45, 2.75) is 51.2 Å². The first-order valence-electron chi connectivity index (χ1n) is 8.64. The molecule has 0 saturated heterocycles. The average molecular weight is 331 g/mol. The first kappa shape index (κ1) is 15.0. The highest BCUT2D eigenvalue weighted by atomic mass is 35.5. The summed E-state index contributed by atoms with van der Waals surface area (Å²) in [6, 6.07) is 8.59. The van der Waals surface area contributed by atoms with E-state index in [9.17, 15) is 0 Å². The number of hydrogen-bond donors (Lipinski definition) is 2. The molecule has 1 aromatic carbocycles. The van der Waals surface area contributed by atoms with Crippen LogP contribution in [0, 0.1) is 0 Å². The first-order valence-corrected chi connectivity index (χ1v) is 9.01. The lowest BCUT2D eigenvalue weighted by Gasteiger charge is -2.26. The van der Waals surface area contributed by atoms with Gasteiger partial charge in [-0.25, -0.2) is 4.98 Å². The fourth-order valence-corrected chi connectivity index (χ4v) is 3.79. The molecule has 2 aromatic rings. The van der Waals surface area contributed by atoms with Crippen LogP contribution in [0.5, 0.6) is 0 Å². The number of nitrogens with zero attached hydrogens (tertiary/aromatic N) is 2. The van der Waals surface area contributed by atoms with Crippen molar-refractivity contribution in [1.29, 1.82) is 0 Å². The van der Waals surface area contributed by atoms with Crippen LogP contribution >= 0.6 is 11.6 Å². The molecule has 1 fully saturated rings. The minimum Gasteiger partial charge on any atom is -0.367 e. The fraction of sp³-hybridized carbons (Fsp3) is 0.500. The Bertz CT molecular complexity index is 671. The van der Waals surface area contributed by atoms with Crippen LogP contribution in [0.4, 0.5) is 5.82 Å². The van der Waals surface area contributed by atoms with E-state index in [1.54, 1.807) is 0 Å². The lowest BCUT2D eigenvalue weighted by molar-refractivity contribution is 0.455. The van der Waals surface area contributed by atoms with Crippen LogP contribution in [0.3, 0.4) is 0 Å². The normalized spacial score (nSPS) is 18.7. The van der Waals surface area contributed by atoms with Crippen LogP contribution in [0.15, 0.2) is 24.3 Å². The molecule has 2 heterocycles. The lowest BCUT2D eigenvalue weighted by Crippen LogP contribution is -2.30. The fourth-order valence-electron chi connectivity index (χ4n) is 3.66. The minimum atomic E-state index is 0.575. The van der Waals surface area contributed by atoms with E-state index in [0.29, 0.717) is 6.04 Å². The highest BCUT2D eigenvalue weighted by Crippen LogP contribution is 2.32. The highest BCUT2D eigenvalue weighted by molar-refractivity contribution is 6.30. The van der Waals surface area contributed by atoms with Crippen LogP contribution in [-0.2, 0) is 13.1 Å². The van der Waals surface area contributed by atoms with Gasteiger partial charge in [0.2, 0.25) is 0 Å². The van der Waals surface area contributed by atoms with Crippen molar-refractivity contribution in [1.82, 2.24) is 14.9 Å². The number of rotatable bonds is 3. The van der Waals surface area contributed by atoms with Gasteiger partial charge in [0.1, 0.15) is 17.3 Å². The summed E-state index contributed by atoms with van der Waals surface area (Å²) in [7, 11) is 0. The zero-order valence-corrected chi connectivity index (χ0v) is 14.1. The number of benzene rings is 1. The summed E-state index contributed by atoms with van der Waals surface area (Å²) in [6.07, 6.45) is 6.56. The molecule has 0 spiro atoms. The van der Waals surface area contributed by atoms with Gasteiger partial charge in [-0.15, -0.1) is 0 Å². The van der Waals surface area contributed by atoms with Gasteiger partial charge in [0.15, 0.2) is 0 Å². The van der Waals surface area contributed by atoms with E-state index in [4.69, 9.17) is 16.6 Å². The molecule has 1 aromatic heterocycles. The predicted molar refractivity (Wildman–Crippen MR) is 94.9 cm³/mol. The van der Waals surface area contributed by atoms with Crippen LogP contribution in [0.2, 0.25) is 5.02 Å². The van der Waals surface area contributed by atoms with E-state index in [2.05, 4.69) is 27.3 Å². The number of fused-ring (bicyclic) bond motifs is 1.